The molecule has 0 saturated carbocycles. The van der Waals surface area contributed by atoms with Gasteiger partial charge in [0.25, 0.3) is 5.91 Å². The Morgan fingerprint density at radius 1 is 1.50 bits per heavy atom. The van der Waals surface area contributed by atoms with E-state index in [1.54, 1.807) is 7.05 Å². The van der Waals surface area contributed by atoms with Crippen molar-refractivity contribution in [1.29, 1.82) is 0 Å². The summed E-state index contributed by atoms with van der Waals surface area (Å²) in [6.45, 7) is 2.33. The number of nitrogens with zero attached hydrogens (tertiary/aromatic N) is 1. The molecule has 0 N–H and O–H groups in total. The fourth-order valence-corrected chi connectivity index (χ4v) is 1.61. The van der Waals surface area contributed by atoms with E-state index in [0.29, 0.717) is 18.7 Å². The quantitative estimate of drug-likeness (QED) is 0.488. The number of aldehydes is 1. The Hall–Kier alpha value is -0.900. The number of hydrogen-bond acceptors (Lipinski definition) is 3. The normalized spacial score (nSPS) is 17.8. The molecule has 0 aliphatic carbocycles. The number of ether oxygens (including phenoxy) is 1. The lowest BCUT2D eigenvalue weighted by atomic mass is 9.96. The van der Waals surface area contributed by atoms with Crippen molar-refractivity contribution in [3.63, 3.8) is 0 Å². The lowest BCUT2D eigenvalue weighted by molar-refractivity contribution is -0.137. The number of amides is 1. The molecule has 0 spiro atoms. The molecule has 0 aromatic heterocycles. The second-order valence-corrected chi connectivity index (χ2v) is 3.72. The Labute approximate surface area is 84.2 Å². The summed E-state index contributed by atoms with van der Waals surface area (Å²) in [7, 11) is 1.66. The average Bonchev–Trinajstić information content (AvgIpc) is 2.26. The Balaban J connectivity index is 2.18. The van der Waals surface area contributed by atoms with Crippen LogP contribution in [0.25, 0.3) is 0 Å². The molecule has 80 valence electrons. The van der Waals surface area contributed by atoms with Crippen LogP contribution in [0.3, 0.4) is 0 Å². The van der Waals surface area contributed by atoms with E-state index in [9.17, 15) is 9.59 Å². The van der Waals surface area contributed by atoms with Crippen molar-refractivity contribution >= 4 is 12.2 Å². The fraction of sp³-hybridized carbons (Fsp3) is 0.800. The first kappa shape index (κ1) is 11.2. The van der Waals surface area contributed by atoms with Gasteiger partial charge in [-0.2, -0.15) is 0 Å². The maximum absolute atomic E-state index is 10.9. The van der Waals surface area contributed by atoms with Crippen LogP contribution in [-0.2, 0) is 14.3 Å². The third-order valence-electron chi connectivity index (χ3n) is 2.69. The largest absolute Gasteiger partial charge is 0.381 e. The molecular weight excluding hydrogens is 182 g/mol. The molecule has 0 aromatic rings. The molecule has 1 amide bonds. The van der Waals surface area contributed by atoms with Crippen LogP contribution >= 0.6 is 0 Å². The van der Waals surface area contributed by atoms with Gasteiger partial charge in [-0.15, -0.1) is 0 Å². The van der Waals surface area contributed by atoms with Gasteiger partial charge in [-0.3, -0.25) is 9.59 Å². The summed E-state index contributed by atoms with van der Waals surface area (Å²) < 4.78 is 5.24. The van der Waals surface area contributed by atoms with Crippen LogP contribution in [0.4, 0.5) is 0 Å². The molecular formula is C10H17NO3. The van der Waals surface area contributed by atoms with Crippen LogP contribution < -0.4 is 0 Å². The number of carbonyl (C=O) groups is 2. The summed E-state index contributed by atoms with van der Waals surface area (Å²) in [6.07, 6.45) is 3.48. The maximum atomic E-state index is 10.9. The molecule has 0 aromatic carbocycles. The molecule has 14 heavy (non-hydrogen) atoms. The first-order valence-corrected chi connectivity index (χ1v) is 5.02. The Morgan fingerprint density at radius 2 is 2.14 bits per heavy atom. The highest BCUT2D eigenvalue weighted by molar-refractivity contribution is 6.23. The van der Waals surface area contributed by atoms with Gasteiger partial charge in [-0.25, -0.2) is 0 Å². The van der Waals surface area contributed by atoms with Crippen molar-refractivity contribution < 1.29 is 14.3 Å². The molecule has 4 heteroatoms. The van der Waals surface area contributed by atoms with Gasteiger partial charge in [-0.05, 0) is 25.2 Å². The van der Waals surface area contributed by atoms with E-state index in [1.807, 2.05) is 0 Å². The molecule has 1 rings (SSSR count). The Kier molecular flexibility index (Phi) is 4.59. The number of carbonyl (C=O) groups excluding carboxylic acids is 2. The summed E-state index contributed by atoms with van der Waals surface area (Å²) in [4.78, 5) is 22.6. The summed E-state index contributed by atoms with van der Waals surface area (Å²) in [5.41, 5.74) is 0. The predicted octanol–water partition coefficient (Wildman–Crippen LogP) is 0.460. The van der Waals surface area contributed by atoms with E-state index in [0.717, 1.165) is 32.5 Å². The highest BCUT2D eigenvalue weighted by Gasteiger charge is 2.15. The number of rotatable bonds is 4. The topological polar surface area (TPSA) is 46.6 Å². The third kappa shape index (κ3) is 3.46. The van der Waals surface area contributed by atoms with Gasteiger partial charge in [0.15, 0.2) is 0 Å². The van der Waals surface area contributed by atoms with Gasteiger partial charge in [0.1, 0.15) is 0 Å². The molecule has 0 unspecified atom stereocenters. The molecule has 0 bridgehead atoms. The van der Waals surface area contributed by atoms with Crippen molar-refractivity contribution in [2.45, 2.75) is 19.3 Å². The zero-order valence-electron chi connectivity index (χ0n) is 8.57. The van der Waals surface area contributed by atoms with E-state index in [4.69, 9.17) is 4.74 Å². The molecule has 0 atom stereocenters. The van der Waals surface area contributed by atoms with E-state index in [2.05, 4.69) is 0 Å². The fourth-order valence-electron chi connectivity index (χ4n) is 1.61. The highest BCUT2D eigenvalue weighted by Crippen LogP contribution is 2.18. The smallest absolute Gasteiger partial charge is 0.286 e. The van der Waals surface area contributed by atoms with E-state index in [-0.39, 0.29) is 0 Å². The van der Waals surface area contributed by atoms with Crippen LogP contribution in [0.2, 0.25) is 0 Å². The monoisotopic (exact) mass is 199 g/mol. The minimum absolute atomic E-state index is 0.365. The molecule has 1 saturated heterocycles. The van der Waals surface area contributed by atoms with E-state index < -0.39 is 5.91 Å². The number of hydrogen-bond donors (Lipinski definition) is 0. The van der Waals surface area contributed by atoms with Crippen LogP contribution in [0.15, 0.2) is 0 Å². The standard InChI is InChI=1S/C10H17NO3/c1-11(10(13)8-12)5-2-9-3-6-14-7-4-9/h8-9H,2-7H2,1H3. The summed E-state index contributed by atoms with van der Waals surface area (Å²) in [5.74, 6) is 0.211. The molecule has 0 radical (unpaired) electrons. The zero-order chi connectivity index (χ0) is 10.4. The molecule has 4 nitrogen and oxygen atoms in total. The van der Waals surface area contributed by atoms with E-state index in [1.165, 1.54) is 4.90 Å². The lowest BCUT2D eigenvalue weighted by Gasteiger charge is -2.24. The third-order valence-corrected chi connectivity index (χ3v) is 2.69. The predicted molar refractivity (Wildman–Crippen MR) is 51.9 cm³/mol. The van der Waals surface area contributed by atoms with Gasteiger partial charge in [-0.1, -0.05) is 0 Å². The zero-order valence-corrected chi connectivity index (χ0v) is 8.57. The number of likely N-dealkylation sites (N-methyl/N-ethyl adjacent to an activating group) is 1. The van der Waals surface area contributed by atoms with Gasteiger partial charge in [0.05, 0.1) is 0 Å². The van der Waals surface area contributed by atoms with Gasteiger partial charge in [0.2, 0.25) is 6.29 Å². The van der Waals surface area contributed by atoms with Gasteiger partial charge >= 0.3 is 0 Å². The Morgan fingerprint density at radius 3 is 2.71 bits per heavy atom. The van der Waals surface area contributed by atoms with Crippen LogP contribution in [0.1, 0.15) is 19.3 Å². The molecule has 1 aliphatic rings. The first-order chi connectivity index (χ1) is 6.74. The van der Waals surface area contributed by atoms with Gasteiger partial charge < -0.3 is 9.64 Å². The van der Waals surface area contributed by atoms with Crippen molar-refractivity contribution in [1.82, 2.24) is 4.90 Å². The van der Waals surface area contributed by atoms with Crippen LogP contribution in [0.5, 0.6) is 0 Å². The van der Waals surface area contributed by atoms with Crippen LogP contribution in [-0.4, -0.2) is 43.9 Å². The highest BCUT2D eigenvalue weighted by atomic mass is 16.5. The second-order valence-electron chi connectivity index (χ2n) is 3.72. The molecule has 1 aliphatic heterocycles. The molecule has 1 heterocycles. The van der Waals surface area contributed by atoms with Crippen molar-refractivity contribution in [2.75, 3.05) is 26.8 Å². The van der Waals surface area contributed by atoms with E-state index >= 15 is 0 Å². The summed E-state index contributed by atoms with van der Waals surface area (Å²) in [5, 5.41) is 0. The minimum atomic E-state index is -0.433. The summed E-state index contributed by atoms with van der Waals surface area (Å²) >= 11 is 0. The lowest BCUT2D eigenvalue weighted by Crippen LogP contribution is -2.30. The SMILES string of the molecule is CN(CCC1CCOCC1)C(=O)C=O. The summed E-state index contributed by atoms with van der Waals surface area (Å²) in [6, 6.07) is 0. The molecule has 1 fully saturated rings. The average molecular weight is 199 g/mol. The second kappa shape index (κ2) is 5.75. The van der Waals surface area contributed by atoms with Crippen LogP contribution in [0, 0.1) is 5.92 Å². The van der Waals surface area contributed by atoms with Gasteiger partial charge in [0, 0.05) is 26.8 Å². The first-order valence-electron chi connectivity index (χ1n) is 5.02. The van der Waals surface area contributed by atoms with Crippen molar-refractivity contribution in [3.8, 4) is 0 Å². The van der Waals surface area contributed by atoms with Crippen molar-refractivity contribution in [2.24, 2.45) is 5.92 Å². The van der Waals surface area contributed by atoms with Crippen molar-refractivity contribution in [3.05, 3.63) is 0 Å². The Bertz CT molecular complexity index is 200. The minimum Gasteiger partial charge on any atom is -0.381 e. The maximum Gasteiger partial charge on any atom is 0.286 e.